The second-order valence-electron chi connectivity index (χ2n) is 3.47. The molecule has 1 aromatic heterocycles. The average molecular weight is 266 g/mol. The van der Waals surface area contributed by atoms with Crippen LogP contribution in [0.4, 0.5) is 0 Å². The second-order valence-corrected chi connectivity index (χ2v) is 5.31. The molecule has 0 spiro atoms. The summed E-state index contributed by atoms with van der Waals surface area (Å²) in [5.74, 6) is 0. The Morgan fingerprint density at radius 1 is 1.17 bits per heavy atom. The van der Waals surface area contributed by atoms with Crippen molar-refractivity contribution in [2.75, 3.05) is 0 Å². The van der Waals surface area contributed by atoms with E-state index in [0.29, 0.717) is 0 Å². The van der Waals surface area contributed by atoms with Gasteiger partial charge in [-0.15, -0.1) is 0 Å². The average Bonchev–Trinajstić information content (AvgIpc) is 2.69. The van der Waals surface area contributed by atoms with E-state index < -0.39 is 15.5 Å². The molecule has 2 aromatic rings. The van der Waals surface area contributed by atoms with Crippen LogP contribution in [-0.4, -0.2) is 28.2 Å². The van der Waals surface area contributed by atoms with Crippen molar-refractivity contribution < 1.29 is 8.42 Å². The molecule has 0 saturated heterocycles. The van der Waals surface area contributed by atoms with Crippen molar-refractivity contribution in [1.29, 1.82) is 0 Å². The molecule has 1 aromatic carbocycles. The number of benzene rings is 1. The van der Waals surface area contributed by atoms with Crippen molar-refractivity contribution in [3.05, 3.63) is 46.2 Å². The van der Waals surface area contributed by atoms with Gasteiger partial charge in [0.15, 0.2) is 0 Å². The first-order valence-electron chi connectivity index (χ1n) is 4.97. The maximum atomic E-state index is 11.9. The van der Waals surface area contributed by atoms with Gasteiger partial charge >= 0.3 is 5.69 Å². The van der Waals surface area contributed by atoms with E-state index in [1.807, 2.05) is 0 Å². The standard InChI is InChI=1S/C10H10N4O3S/c1-13-10(15)14(12-11-13)7-8-18(16,17)9-5-3-2-4-6-9/h2-8H,1H3/b8-7+. The van der Waals surface area contributed by atoms with Crippen molar-refractivity contribution >= 4 is 16.0 Å². The molecule has 0 aliphatic heterocycles. The van der Waals surface area contributed by atoms with Gasteiger partial charge in [0.25, 0.3) is 0 Å². The van der Waals surface area contributed by atoms with Gasteiger partial charge in [-0.05, 0) is 22.6 Å². The van der Waals surface area contributed by atoms with E-state index in [2.05, 4.69) is 10.4 Å². The molecule has 1 heterocycles. The van der Waals surface area contributed by atoms with Crippen LogP contribution in [0.1, 0.15) is 0 Å². The molecule has 2 rings (SSSR count). The van der Waals surface area contributed by atoms with Gasteiger partial charge in [-0.2, -0.15) is 9.36 Å². The van der Waals surface area contributed by atoms with Crippen LogP contribution < -0.4 is 5.69 Å². The van der Waals surface area contributed by atoms with Gasteiger partial charge in [-0.3, -0.25) is 0 Å². The summed E-state index contributed by atoms with van der Waals surface area (Å²) in [5, 5.41) is 7.85. The fourth-order valence-corrected chi connectivity index (χ4v) is 2.22. The summed E-state index contributed by atoms with van der Waals surface area (Å²) >= 11 is 0. The Morgan fingerprint density at radius 2 is 1.83 bits per heavy atom. The van der Waals surface area contributed by atoms with Crippen LogP contribution in [0.3, 0.4) is 0 Å². The normalized spacial score (nSPS) is 12.1. The predicted octanol–water partition coefficient (Wildman–Crippen LogP) is -0.121. The highest BCUT2D eigenvalue weighted by molar-refractivity contribution is 7.94. The van der Waals surface area contributed by atoms with Crippen LogP contribution in [0, 0.1) is 0 Å². The molecule has 8 heteroatoms. The third-order valence-electron chi connectivity index (χ3n) is 2.20. The molecule has 0 bridgehead atoms. The number of aromatic nitrogens is 4. The third kappa shape index (κ3) is 2.38. The van der Waals surface area contributed by atoms with Gasteiger partial charge in [-0.25, -0.2) is 13.2 Å². The molecule has 0 N–H and O–H groups in total. The molecule has 94 valence electrons. The highest BCUT2D eigenvalue weighted by atomic mass is 32.2. The van der Waals surface area contributed by atoms with Crippen LogP contribution in [0.2, 0.25) is 0 Å². The number of rotatable bonds is 3. The fourth-order valence-electron chi connectivity index (χ4n) is 1.25. The van der Waals surface area contributed by atoms with Crippen molar-refractivity contribution in [3.63, 3.8) is 0 Å². The van der Waals surface area contributed by atoms with Crippen LogP contribution in [-0.2, 0) is 16.9 Å². The number of sulfone groups is 1. The minimum atomic E-state index is -3.58. The van der Waals surface area contributed by atoms with E-state index in [9.17, 15) is 13.2 Å². The molecule has 0 aliphatic rings. The monoisotopic (exact) mass is 266 g/mol. The smallest absolute Gasteiger partial charge is 0.244 e. The minimum Gasteiger partial charge on any atom is -0.244 e. The largest absolute Gasteiger partial charge is 0.367 e. The molecule has 0 unspecified atom stereocenters. The first kappa shape index (κ1) is 12.2. The number of nitrogens with zero attached hydrogens (tertiary/aromatic N) is 4. The number of aryl methyl sites for hydroxylation is 1. The summed E-state index contributed by atoms with van der Waals surface area (Å²) in [6.07, 6.45) is 1.07. The number of hydrogen-bond acceptors (Lipinski definition) is 5. The van der Waals surface area contributed by atoms with Crippen molar-refractivity contribution in [2.45, 2.75) is 4.90 Å². The summed E-state index contributed by atoms with van der Waals surface area (Å²) in [6.45, 7) is 0. The minimum absolute atomic E-state index is 0.151. The molecular formula is C10H10N4O3S. The highest BCUT2D eigenvalue weighted by Gasteiger charge is 2.09. The maximum Gasteiger partial charge on any atom is 0.367 e. The molecule has 0 fully saturated rings. The molecule has 0 saturated carbocycles. The summed E-state index contributed by atoms with van der Waals surface area (Å²) in [7, 11) is -2.16. The Hall–Kier alpha value is -2.22. The summed E-state index contributed by atoms with van der Waals surface area (Å²) in [4.78, 5) is 11.5. The van der Waals surface area contributed by atoms with E-state index in [0.717, 1.165) is 21.0 Å². The summed E-state index contributed by atoms with van der Waals surface area (Å²) in [5.41, 5.74) is -0.519. The van der Waals surface area contributed by atoms with Crippen molar-refractivity contribution in [3.8, 4) is 0 Å². The van der Waals surface area contributed by atoms with Crippen molar-refractivity contribution in [2.24, 2.45) is 7.05 Å². The van der Waals surface area contributed by atoms with E-state index in [1.54, 1.807) is 18.2 Å². The molecule has 0 atom stereocenters. The maximum absolute atomic E-state index is 11.9. The van der Waals surface area contributed by atoms with E-state index in [4.69, 9.17) is 0 Å². The van der Waals surface area contributed by atoms with Gasteiger partial charge in [0.1, 0.15) is 0 Å². The Labute approximate surface area is 103 Å². The van der Waals surface area contributed by atoms with Crippen LogP contribution in [0.25, 0.3) is 6.20 Å². The predicted molar refractivity (Wildman–Crippen MR) is 64.2 cm³/mol. The Morgan fingerprint density at radius 3 is 2.39 bits per heavy atom. The Balaban J connectivity index is 2.35. The number of hydrogen-bond donors (Lipinski definition) is 0. The first-order valence-corrected chi connectivity index (χ1v) is 6.52. The van der Waals surface area contributed by atoms with Gasteiger partial charge in [0, 0.05) is 13.2 Å². The van der Waals surface area contributed by atoms with Crippen LogP contribution >= 0.6 is 0 Å². The third-order valence-corrected chi connectivity index (χ3v) is 3.61. The van der Waals surface area contributed by atoms with E-state index in [-0.39, 0.29) is 4.90 Å². The Bertz CT molecular complexity index is 728. The van der Waals surface area contributed by atoms with Crippen LogP contribution in [0.5, 0.6) is 0 Å². The lowest BCUT2D eigenvalue weighted by atomic mass is 10.4. The van der Waals surface area contributed by atoms with E-state index in [1.165, 1.54) is 19.2 Å². The molecule has 18 heavy (non-hydrogen) atoms. The van der Waals surface area contributed by atoms with Crippen molar-refractivity contribution in [1.82, 2.24) is 19.8 Å². The van der Waals surface area contributed by atoms with E-state index >= 15 is 0 Å². The molecular weight excluding hydrogens is 256 g/mol. The van der Waals surface area contributed by atoms with Crippen LogP contribution in [0.15, 0.2) is 45.4 Å². The van der Waals surface area contributed by atoms with Gasteiger partial charge in [-0.1, -0.05) is 18.2 Å². The topological polar surface area (TPSA) is 86.8 Å². The lowest BCUT2D eigenvalue weighted by Crippen LogP contribution is -2.19. The first-order chi connectivity index (χ1) is 8.50. The summed E-state index contributed by atoms with van der Waals surface area (Å²) < 4.78 is 25.6. The molecule has 0 amide bonds. The van der Waals surface area contributed by atoms with Gasteiger partial charge in [0.05, 0.1) is 10.3 Å². The Kier molecular flexibility index (Phi) is 3.11. The fraction of sp³-hybridized carbons (Fsp3) is 0.100. The molecule has 0 radical (unpaired) electrons. The lowest BCUT2D eigenvalue weighted by Gasteiger charge is -1.96. The zero-order valence-electron chi connectivity index (χ0n) is 9.46. The lowest BCUT2D eigenvalue weighted by molar-refractivity contribution is 0.604. The highest BCUT2D eigenvalue weighted by Crippen LogP contribution is 2.10. The second kappa shape index (κ2) is 4.57. The summed E-state index contributed by atoms with van der Waals surface area (Å²) in [6, 6.07) is 7.90. The van der Waals surface area contributed by atoms with Gasteiger partial charge in [0.2, 0.25) is 9.84 Å². The SMILES string of the molecule is Cn1nnn(/C=C/S(=O)(=O)c2ccccc2)c1=O. The quantitative estimate of drug-likeness (QED) is 0.773. The number of tetrazole rings is 1. The zero-order chi connectivity index (χ0) is 13.2. The molecule has 0 aliphatic carbocycles. The van der Waals surface area contributed by atoms with Gasteiger partial charge < -0.3 is 0 Å². The zero-order valence-corrected chi connectivity index (χ0v) is 10.3. The molecule has 7 nitrogen and oxygen atoms in total.